The standard InChI is InChI=1S/C27H30F5N7O4/c28-26(29)8-5-14(6-9-26)20(36-24(41)21-19(13-1-2-13)37-43-38-21)23(40)35-18-11-16(7-10-33-18)22(15-3-4-15)39-12-17(27(30,31)32)34-25(39)42/h7,10-11,13-15,17,20,22H,1-6,8-9,12H2,(H,34,42)(H,36,41)(H,33,35,40)/t17-,20?,22?/m0/s1. The predicted octanol–water partition coefficient (Wildman–Crippen LogP) is 4.31. The van der Waals surface area contributed by atoms with Crippen molar-refractivity contribution >= 4 is 23.7 Å². The summed E-state index contributed by atoms with van der Waals surface area (Å²) in [5, 5.41) is 14.8. The highest BCUT2D eigenvalue weighted by Crippen LogP contribution is 2.46. The molecular formula is C27H30F5N7O4. The zero-order valence-electron chi connectivity index (χ0n) is 22.9. The smallest absolute Gasteiger partial charge is 0.338 e. The van der Waals surface area contributed by atoms with Crippen LogP contribution in [0.2, 0.25) is 0 Å². The maximum absolute atomic E-state index is 13.9. The second-order valence-corrected chi connectivity index (χ2v) is 11.9. The maximum atomic E-state index is 13.9. The summed E-state index contributed by atoms with van der Waals surface area (Å²) < 4.78 is 72.6. The monoisotopic (exact) mass is 611 g/mol. The van der Waals surface area contributed by atoms with Crippen LogP contribution >= 0.6 is 0 Å². The molecule has 2 unspecified atom stereocenters. The van der Waals surface area contributed by atoms with Crippen molar-refractivity contribution in [2.24, 2.45) is 11.8 Å². The summed E-state index contributed by atoms with van der Waals surface area (Å²) in [6.07, 6.45) is -1.07. The molecule has 1 aliphatic heterocycles. The molecule has 232 valence electrons. The summed E-state index contributed by atoms with van der Waals surface area (Å²) in [7, 11) is 0. The fourth-order valence-corrected chi connectivity index (χ4v) is 5.98. The fraction of sp³-hybridized carbons (Fsp3) is 0.630. The molecule has 4 aliphatic rings. The number of pyridine rings is 1. The molecule has 2 aromatic heterocycles. The second-order valence-electron chi connectivity index (χ2n) is 11.9. The molecule has 0 radical (unpaired) electrons. The second kappa shape index (κ2) is 11.0. The summed E-state index contributed by atoms with van der Waals surface area (Å²) >= 11 is 0. The largest absolute Gasteiger partial charge is 0.410 e. The van der Waals surface area contributed by atoms with E-state index in [1.807, 2.05) is 5.32 Å². The van der Waals surface area contributed by atoms with Gasteiger partial charge in [-0.2, -0.15) is 13.2 Å². The lowest BCUT2D eigenvalue weighted by molar-refractivity contribution is -0.150. The van der Waals surface area contributed by atoms with Crippen molar-refractivity contribution in [3.63, 3.8) is 0 Å². The van der Waals surface area contributed by atoms with Crippen LogP contribution in [0.25, 0.3) is 0 Å². The van der Waals surface area contributed by atoms with Gasteiger partial charge in [-0.1, -0.05) is 5.16 Å². The Hall–Kier alpha value is -3.85. The fourth-order valence-electron chi connectivity index (χ4n) is 5.98. The van der Waals surface area contributed by atoms with Crippen molar-refractivity contribution in [2.75, 3.05) is 11.9 Å². The van der Waals surface area contributed by atoms with Gasteiger partial charge >= 0.3 is 12.2 Å². The van der Waals surface area contributed by atoms with Crippen LogP contribution in [-0.4, -0.2) is 68.8 Å². The molecule has 3 saturated carbocycles. The van der Waals surface area contributed by atoms with Crippen LogP contribution in [0.5, 0.6) is 0 Å². The van der Waals surface area contributed by atoms with Crippen LogP contribution in [0.4, 0.5) is 32.6 Å². The van der Waals surface area contributed by atoms with Gasteiger partial charge in [-0.15, -0.1) is 0 Å². The van der Waals surface area contributed by atoms with Gasteiger partial charge in [0.15, 0.2) is 5.69 Å². The third-order valence-electron chi connectivity index (χ3n) is 8.61. The minimum atomic E-state index is -4.60. The number of carbonyl (C=O) groups is 3. The van der Waals surface area contributed by atoms with Crippen molar-refractivity contribution in [1.29, 1.82) is 0 Å². The molecule has 0 bridgehead atoms. The molecule has 3 atom stereocenters. The molecule has 0 spiro atoms. The number of nitrogens with zero attached hydrogens (tertiary/aromatic N) is 4. The number of urea groups is 1. The SMILES string of the molecule is O=C(NC(C(=O)Nc1cc(C(C2CC2)N2C[C@@H](C(F)(F)F)NC2=O)ccn1)C1CCC(F)(F)CC1)c1nonc1C1CC1. The minimum Gasteiger partial charge on any atom is -0.338 e. The Morgan fingerprint density at radius 1 is 1.07 bits per heavy atom. The first kappa shape index (κ1) is 29.2. The average Bonchev–Trinajstić information content (AvgIpc) is 3.88. The quantitative estimate of drug-likeness (QED) is 0.359. The number of nitrogens with one attached hydrogen (secondary N) is 3. The summed E-state index contributed by atoms with van der Waals surface area (Å²) in [6, 6.07) is -1.64. The van der Waals surface area contributed by atoms with Crippen LogP contribution in [0.1, 0.15) is 85.1 Å². The summed E-state index contributed by atoms with van der Waals surface area (Å²) in [4.78, 5) is 44.6. The van der Waals surface area contributed by atoms with Gasteiger partial charge in [-0.3, -0.25) is 9.59 Å². The van der Waals surface area contributed by atoms with E-state index in [9.17, 15) is 36.3 Å². The molecule has 11 nitrogen and oxygen atoms in total. The van der Waals surface area contributed by atoms with Crippen LogP contribution in [-0.2, 0) is 4.79 Å². The van der Waals surface area contributed by atoms with E-state index in [-0.39, 0.29) is 36.2 Å². The van der Waals surface area contributed by atoms with Crippen molar-refractivity contribution in [3.05, 3.63) is 35.3 Å². The molecule has 3 N–H and O–H groups in total. The number of halogens is 5. The van der Waals surface area contributed by atoms with E-state index in [2.05, 4.69) is 25.9 Å². The van der Waals surface area contributed by atoms with Gasteiger partial charge in [-0.05, 0) is 73.2 Å². The molecule has 4 fully saturated rings. The molecule has 1 saturated heterocycles. The Labute approximate surface area is 242 Å². The van der Waals surface area contributed by atoms with E-state index in [1.54, 1.807) is 6.07 Å². The van der Waals surface area contributed by atoms with Crippen molar-refractivity contribution in [3.8, 4) is 0 Å². The van der Waals surface area contributed by atoms with Gasteiger partial charge in [-0.25, -0.2) is 23.2 Å². The van der Waals surface area contributed by atoms with Crippen molar-refractivity contribution < 1.29 is 41.0 Å². The lowest BCUT2D eigenvalue weighted by atomic mass is 9.81. The van der Waals surface area contributed by atoms with Gasteiger partial charge < -0.3 is 20.9 Å². The van der Waals surface area contributed by atoms with E-state index < -0.39 is 73.4 Å². The van der Waals surface area contributed by atoms with Crippen molar-refractivity contribution in [2.45, 2.75) is 87.5 Å². The number of amides is 4. The first-order valence-electron chi connectivity index (χ1n) is 14.3. The number of carbonyl (C=O) groups excluding carboxylic acids is 3. The Kier molecular flexibility index (Phi) is 7.49. The molecule has 16 heteroatoms. The molecule has 3 aliphatic carbocycles. The summed E-state index contributed by atoms with van der Waals surface area (Å²) in [5.74, 6) is -4.87. The first-order chi connectivity index (χ1) is 20.4. The van der Waals surface area contributed by atoms with E-state index in [4.69, 9.17) is 4.63 Å². The van der Waals surface area contributed by atoms with E-state index >= 15 is 0 Å². The Morgan fingerprint density at radius 2 is 1.79 bits per heavy atom. The minimum absolute atomic E-state index is 0.0143. The molecular weight excluding hydrogens is 581 g/mol. The third-order valence-corrected chi connectivity index (χ3v) is 8.61. The highest BCUT2D eigenvalue weighted by molar-refractivity contribution is 6.00. The predicted molar refractivity (Wildman–Crippen MR) is 138 cm³/mol. The van der Waals surface area contributed by atoms with Crippen LogP contribution in [0, 0.1) is 11.8 Å². The lowest BCUT2D eigenvalue weighted by Gasteiger charge is -2.33. The number of hydrogen-bond acceptors (Lipinski definition) is 7. The number of rotatable bonds is 9. The van der Waals surface area contributed by atoms with Gasteiger partial charge in [0.05, 0.1) is 12.6 Å². The van der Waals surface area contributed by atoms with E-state index in [1.165, 1.54) is 12.3 Å². The van der Waals surface area contributed by atoms with Gasteiger partial charge in [0.2, 0.25) is 11.8 Å². The van der Waals surface area contributed by atoms with Crippen LogP contribution in [0.15, 0.2) is 23.0 Å². The topological polar surface area (TPSA) is 142 Å². The molecule has 0 aromatic carbocycles. The molecule has 4 amide bonds. The third kappa shape index (κ3) is 6.42. The molecule has 6 rings (SSSR count). The van der Waals surface area contributed by atoms with Gasteiger partial charge in [0.25, 0.3) is 5.91 Å². The zero-order chi connectivity index (χ0) is 30.5. The number of anilines is 1. The summed E-state index contributed by atoms with van der Waals surface area (Å²) in [5.41, 5.74) is 0.812. The highest BCUT2D eigenvalue weighted by Gasteiger charge is 2.51. The average molecular weight is 612 g/mol. The highest BCUT2D eigenvalue weighted by atomic mass is 19.4. The Bertz CT molecular complexity index is 1380. The molecule has 43 heavy (non-hydrogen) atoms. The molecule has 3 heterocycles. The first-order valence-corrected chi connectivity index (χ1v) is 14.3. The Balaban J connectivity index is 1.21. The Morgan fingerprint density at radius 3 is 2.42 bits per heavy atom. The number of alkyl halides is 5. The van der Waals surface area contributed by atoms with Gasteiger partial charge in [0, 0.05) is 25.0 Å². The van der Waals surface area contributed by atoms with E-state index in [0.29, 0.717) is 11.3 Å². The van der Waals surface area contributed by atoms with E-state index in [0.717, 1.165) is 30.6 Å². The summed E-state index contributed by atoms with van der Waals surface area (Å²) in [6.45, 7) is -0.548. The molecule has 2 aromatic rings. The number of aromatic nitrogens is 3. The zero-order valence-corrected chi connectivity index (χ0v) is 22.9. The normalized spacial score (nSPS) is 23.9. The van der Waals surface area contributed by atoms with Crippen LogP contribution in [0.3, 0.4) is 0 Å². The van der Waals surface area contributed by atoms with Gasteiger partial charge in [0.1, 0.15) is 23.6 Å². The van der Waals surface area contributed by atoms with Crippen LogP contribution < -0.4 is 16.0 Å². The maximum Gasteiger partial charge on any atom is 0.410 e. The van der Waals surface area contributed by atoms with Crippen molar-refractivity contribution in [1.82, 2.24) is 30.8 Å². The lowest BCUT2D eigenvalue weighted by Crippen LogP contribution is -2.50. The number of hydrogen-bond donors (Lipinski definition) is 3.